The number of benzene rings is 1. The highest BCUT2D eigenvalue weighted by molar-refractivity contribution is 7.23. The summed E-state index contributed by atoms with van der Waals surface area (Å²) in [6.07, 6.45) is 4.69. The standard InChI is InChI=1S/C31H31FN6O2S/c1-5-21-26(31-38-37-16(4)40-31)27(25(29(33)39)23(35-21)12-15(2)3)24-13-18-10-11-34-30(28(18)41-24)36-22-9-7-17-6-8-19(32)14-20(17)22/h6,8,10-11,13-15,22H,5,7,9,12H2,1-4H3,(H2,33,39)(H,34,36). The van der Waals surface area contributed by atoms with Crippen LogP contribution in [0, 0.1) is 18.7 Å². The highest BCUT2D eigenvalue weighted by atomic mass is 32.1. The predicted octanol–water partition coefficient (Wildman–Crippen LogP) is 6.82. The maximum atomic E-state index is 14.1. The van der Waals surface area contributed by atoms with Crippen LogP contribution in [-0.2, 0) is 19.3 Å². The molecule has 1 unspecified atom stereocenters. The first-order valence-corrected chi connectivity index (χ1v) is 14.6. The molecule has 3 N–H and O–H groups in total. The highest BCUT2D eigenvalue weighted by Gasteiger charge is 2.29. The summed E-state index contributed by atoms with van der Waals surface area (Å²) in [7, 11) is 0. The number of carbonyl (C=O) groups excluding carboxylic acids is 1. The number of halogens is 1. The molecule has 210 valence electrons. The van der Waals surface area contributed by atoms with Gasteiger partial charge in [-0.05, 0) is 72.4 Å². The number of thiophene rings is 1. The number of anilines is 1. The number of primary amides is 1. The summed E-state index contributed by atoms with van der Waals surface area (Å²) in [6.45, 7) is 7.92. The number of pyridine rings is 2. The monoisotopic (exact) mass is 570 g/mol. The Kier molecular flexibility index (Phi) is 7.03. The maximum Gasteiger partial charge on any atom is 0.251 e. The van der Waals surface area contributed by atoms with Crippen molar-refractivity contribution >= 4 is 33.1 Å². The van der Waals surface area contributed by atoms with Crippen molar-refractivity contribution in [2.75, 3.05) is 5.32 Å². The molecule has 0 saturated heterocycles. The van der Waals surface area contributed by atoms with Crippen LogP contribution in [0.2, 0.25) is 0 Å². The van der Waals surface area contributed by atoms with Crippen LogP contribution in [0.25, 0.3) is 32.0 Å². The minimum atomic E-state index is -0.554. The minimum absolute atomic E-state index is 0.0484. The van der Waals surface area contributed by atoms with Crippen molar-refractivity contribution in [3.63, 3.8) is 0 Å². The van der Waals surface area contributed by atoms with Gasteiger partial charge in [-0.15, -0.1) is 21.5 Å². The van der Waals surface area contributed by atoms with Crippen molar-refractivity contribution in [3.05, 3.63) is 76.3 Å². The molecule has 4 heterocycles. The van der Waals surface area contributed by atoms with E-state index in [9.17, 15) is 9.18 Å². The van der Waals surface area contributed by atoms with Gasteiger partial charge in [0.2, 0.25) is 11.8 Å². The normalized spacial score (nSPS) is 14.6. The Morgan fingerprint density at radius 3 is 2.73 bits per heavy atom. The summed E-state index contributed by atoms with van der Waals surface area (Å²) in [5.41, 5.74) is 11.3. The van der Waals surface area contributed by atoms with E-state index in [1.165, 1.54) is 17.4 Å². The molecule has 6 rings (SSSR count). The average molecular weight is 571 g/mol. The number of nitrogens with two attached hydrogens (primary N) is 1. The van der Waals surface area contributed by atoms with Gasteiger partial charge in [-0.25, -0.2) is 9.37 Å². The summed E-state index contributed by atoms with van der Waals surface area (Å²) in [4.78, 5) is 23.5. The largest absolute Gasteiger partial charge is 0.421 e. The lowest BCUT2D eigenvalue weighted by molar-refractivity contribution is 0.0999. The van der Waals surface area contributed by atoms with E-state index in [0.717, 1.165) is 44.6 Å². The SMILES string of the molecule is CCc1nc(CC(C)C)c(C(N)=O)c(-c2cc3ccnc(NC4CCc5ccc(F)cc54)c3s2)c1-c1nnc(C)o1. The van der Waals surface area contributed by atoms with E-state index in [4.69, 9.17) is 15.1 Å². The van der Waals surface area contributed by atoms with Crippen LogP contribution in [0.15, 0.2) is 40.9 Å². The van der Waals surface area contributed by atoms with Crippen molar-refractivity contribution in [2.24, 2.45) is 11.7 Å². The number of amides is 1. The molecule has 0 bridgehead atoms. The summed E-state index contributed by atoms with van der Waals surface area (Å²) in [6, 6.07) is 8.92. The van der Waals surface area contributed by atoms with Crippen molar-refractivity contribution < 1.29 is 13.6 Å². The van der Waals surface area contributed by atoms with E-state index >= 15 is 0 Å². The van der Waals surface area contributed by atoms with Crippen LogP contribution in [0.5, 0.6) is 0 Å². The Labute approximate surface area is 241 Å². The number of hydrogen-bond acceptors (Lipinski definition) is 8. The fourth-order valence-corrected chi connectivity index (χ4v) is 6.86. The lowest BCUT2D eigenvalue weighted by atomic mass is 9.92. The van der Waals surface area contributed by atoms with Gasteiger partial charge in [-0.1, -0.05) is 26.8 Å². The molecule has 5 aromatic rings. The van der Waals surface area contributed by atoms with Gasteiger partial charge in [0.1, 0.15) is 11.6 Å². The van der Waals surface area contributed by atoms with Crippen molar-refractivity contribution in [1.29, 1.82) is 0 Å². The number of nitrogens with one attached hydrogen (secondary N) is 1. The highest BCUT2D eigenvalue weighted by Crippen LogP contribution is 2.45. The zero-order chi connectivity index (χ0) is 28.8. The first-order chi connectivity index (χ1) is 19.7. The molecule has 1 atom stereocenters. The van der Waals surface area contributed by atoms with E-state index in [1.807, 2.05) is 25.1 Å². The molecule has 1 aliphatic rings. The third-order valence-corrected chi connectivity index (χ3v) is 8.62. The van der Waals surface area contributed by atoms with Gasteiger partial charge in [-0.3, -0.25) is 9.78 Å². The quantitative estimate of drug-likeness (QED) is 0.210. The fourth-order valence-electron chi connectivity index (χ4n) is 5.70. The zero-order valence-corrected chi connectivity index (χ0v) is 24.2. The molecular weight excluding hydrogens is 539 g/mol. The van der Waals surface area contributed by atoms with Gasteiger partial charge in [0, 0.05) is 23.6 Å². The Bertz CT molecular complexity index is 1790. The van der Waals surface area contributed by atoms with E-state index in [2.05, 4.69) is 34.3 Å². The van der Waals surface area contributed by atoms with Gasteiger partial charge in [0.15, 0.2) is 0 Å². The number of aryl methyl sites for hydroxylation is 3. The van der Waals surface area contributed by atoms with E-state index in [0.29, 0.717) is 52.8 Å². The van der Waals surface area contributed by atoms with Crippen molar-refractivity contribution in [2.45, 2.75) is 59.4 Å². The van der Waals surface area contributed by atoms with Gasteiger partial charge in [-0.2, -0.15) is 0 Å². The number of nitrogens with zero attached hydrogens (tertiary/aromatic N) is 4. The number of aromatic nitrogens is 4. The van der Waals surface area contributed by atoms with Gasteiger partial charge in [0.05, 0.1) is 33.3 Å². The molecule has 0 spiro atoms. The molecule has 1 amide bonds. The predicted molar refractivity (Wildman–Crippen MR) is 158 cm³/mol. The Morgan fingerprint density at radius 2 is 2.02 bits per heavy atom. The second-order valence-electron chi connectivity index (χ2n) is 10.8. The third-order valence-electron chi connectivity index (χ3n) is 7.45. The molecule has 0 aliphatic heterocycles. The minimum Gasteiger partial charge on any atom is -0.421 e. The van der Waals surface area contributed by atoms with Crippen LogP contribution in [0.4, 0.5) is 10.2 Å². The Hall–Kier alpha value is -4.18. The van der Waals surface area contributed by atoms with Crippen LogP contribution in [0.1, 0.15) is 72.0 Å². The molecule has 0 fully saturated rings. The smallest absolute Gasteiger partial charge is 0.251 e. The first kappa shape index (κ1) is 27.0. The van der Waals surface area contributed by atoms with Crippen LogP contribution < -0.4 is 11.1 Å². The van der Waals surface area contributed by atoms with Crippen LogP contribution in [-0.4, -0.2) is 26.1 Å². The molecule has 0 saturated carbocycles. The van der Waals surface area contributed by atoms with Gasteiger partial charge < -0.3 is 15.5 Å². The van der Waals surface area contributed by atoms with Crippen molar-refractivity contribution in [3.8, 4) is 21.9 Å². The Morgan fingerprint density at radius 1 is 1.20 bits per heavy atom. The van der Waals surface area contributed by atoms with Gasteiger partial charge in [0.25, 0.3) is 5.91 Å². The second-order valence-corrected chi connectivity index (χ2v) is 11.9. The fraction of sp³-hybridized carbons (Fsp3) is 0.323. The summed E-state index contributed by atoms with van der Waals surface area (Å²) >= 11 is 1.51. The number of fused-ring (bicyclic) bond motifs is 2. The van der Waals surface area contributed by atoms with Crippen LogP contribution >= 0.6 is 11.3 Å². The third kappa shape index (κ3) is 4.97. The molecule has 41 heavy (non-hydrogen) atoms. The number of rotatable bonds is 8. The maximum absolute atomic E-state index is 14.1. The van der Waals surface area contributed by atoms with E-state index in [-0.39, 0.29) is 17.8 Å². The van der Waals surface area contributed by atoms with E-state index in [1.54, 1.807) is 19.2 Å². The lowest BCUT2D eigenvalue weighted by Gasteiger charge is -2.18. The lowest BCUT2D eigenvalue weighted by Crippen LogP contribution is -2.19. The topological polar surface area (TPSA) is 120 Å². The summed E-state index contributed by atoms with van der Waals surface area (Å²) in [5, 5.41) is 12.9. The summed E-state index contributed by atoms with van der Waals surface area (Å²) < 4.78 is 20.9. The second kappa shape index (κ2) is 10.7. The zero-order valence-electron chi connectivity index (χ0n) is 23.4. The van der Waals surface area contributed by atoms with Crippen molar-refractivity contribution in [1.82, 2.24) is 20.2 Å². The molecule has 4 aromatic heterocycles. The molecule has 1 aromatic carbocycles. The molecule has 8 nitrogen and oxygen atoms in total. The Balaban J connectivity index is 1.55. The van der Waals surface area contributed by atoms with E-state index < -0.39 is 5.91 Å². The van der Waals surface area contributed by atoms with Crippen LogP contribution in [0.3, 0.4) is 0 Å². The summed E-state index contributed by atoms with van der Waals surface area (Å²) in [5.74, 6) is 0.896. The average Bonchev–Trinajstić information content (AvgIpc) is 3.66. The van der Waals surface area contributed by atoms with Gasteiger partial charge >= 0.3 is 0 Å². The molecule has 0 radical (unpaired) electrons. The molecule has 10 heteroatoms. The first-order valence-electron chi connectivity index (χ1n) is 13.8. The number of hydrogen-bond donors (Lipinski definition) is 2. The molecular formula is C31H31FN6O2S. The molecule has 1 aliphatic carbocycles. The number of carbonyl (C=O) groups is 1.